The Labute approximate surface area is 120 Å². The van der Waals surface area contributed by atoms with Gasteiger partial charge in [0.15, 0.2) is 17.5 Å². The maximum Gasteiger partial charge on any atom is 0.261 e. The van der Waals surface area contributed by atoms with Crippen LogP contribution in [-0.2, 0) is 4.74 Å². The molecule has 1 unspecified atom stereocenters. The quantitative estimate of drug-likeness (QED) is 0.425. The fraction of sp³-hybridized carbons (Fsp3) is 0.571. The average Bonchev–Trinajstić information content (AvgIpc) is 2.45. The van der Waals surface area contributed by atoms with Gasteiger partial charge in [0.1, 0.15) is 6.61 Å². The lowest BCUT2D eigenvalue weighted by molar-refractivity contribution is 0.0142. The first-order chi connectivity index (χ1) is 9.97. The van der Waals surface area contributed by atoms with Gasteiger partial charge in [-0.1, -0.05) is 13.0 Å². The first kappa shape index (κ1) is 17.8. The van der Waals surface area contributed by atoms with E-state index in [1.165, 1.54) is 0 Å². The second-order valence-corrected chi connectivity index (χ2v) is 4.53. The van der Waals surface area contributed by atoms with Crippen molar-refractivity contribution < 1.29 is 26.7 Å². The molecule has 0 aliphatic rings. The molecule has 0 aromatic heterocycles. The topological polar surface area (TPSA) is 21.3 Å². The molecule has 1 aromatic rings. The van der Waals surface area contributed by atoms with E-state index in [-0.39, 0.29) is 18.6 Å². The predicted molar refractivity (Wildman–Crippen MR) is 68.8 cm³/mol. The molecular weight excluding hydrogens is 293 g/mol. The highest BCUT2D eigenvalue weighted by molar-refractivity contribution is 5.23. The molecule has 1 rings (SSSR count). The zero-order chi connectivity index (χ0) is 15.8. The molecule has 21 heavy (non-hydrogen) atoms. The minimum Gasteiger partial charge on any atom is -0.375 e. The van der Waals surface area contributed by atoms with Crippen molar-refractivity contribution in [3.8, 4) is 0 Å². The molecular formula is C14H18F5NO. The number of nitrogens with one attached hydrogen (secondary N) is 1. The highest BCUT2D eigenvalue weighted by Crippen LogP contribution is 2.24. The van der Waals surface area contributed by atoms with Gasteiger partial charge < -0.3 is 10.1 Å². The van der Waals surface area contributed by atoms with E-state index in [4.69, 9.17) is 4.74 Å². The largest absolute Gasteiger partial charge is 0.375 e. The summed E-state index contributed by atoms with van der Waals surface area (Å²) in [5.41, 5.74) is -0.0389. The van der Waals surface area contributed by atoms with Gasteiger partial charge >= 0.3 is 0 Å². The Morgan fingerprint density at radius 2 is 1.86 bits per heavy atom. The molecule has 0 aliphatic heterocycles. The van der Waals surface area contributed by atoms with E-state index in [9.17, 15) is 22.0 Å². The molecule has 1 aromatic carbocycles. The molecule has 1 atom stereocenters. The summed E-state index contributed by atoms with van der Waals surface area (Å²) in [5, 5.41) is 2.96. The number of halogens is 5. The van der Waals surface area contributed by atoms with E-state index >= 15 is 0 Å². The van der Waals surface area contributed by atoms with Gasteiger partial charge in [-0.25, -0.2) is 22.0 Å². The highest BCUT2D eigenvalue weighted by atomic mass is 19.3. The molecule has 1 N–H and O–H groups in total. The van der Waals surface area contributed by atoms with Crippen molar-refractivity contribution in [2.45, 2.75) is 32.2 Å². The molecule has 0 fully saturated rings. The maximum atomic E-state index is 13.8. The molecule has 0 saturated heterocycles. The van der Waals surface area contributed by atoms with Crippen molar-refractivity contribution in [3.05, 3.63) is 35.1 Å². The van der Waals surface area contributed by atoms with Crippen LogP contribution in [0, 0.1) is 17.5 Å². The Hall–Kier alpha value is -1.21. The van der Waals surface area contributed by atoms with Gasteiger partial charge in [0.05, 0.1) is 0 Å². The standard InChI is InChI=1S/C14H18F5NO/c1-2-6-20-11(5-7-21-8-12(16)17)9-3-4-10(15)14(19)13(9)18/h3-4,11-12,20H,2,5-8H2,1H3. The molecule has 0 radical (unpaired) electrons. The van der Waals surface area contributed by atoms with E-state index in [0.717, 1.165) is 18.6 Å². The van der Waals surface area contributed by atoms with E-state index < -0.39 is 36.5 Å². The van der Waals surface area contributed by atoms with Crippen LogP contribution in [0.4, 0.5) is 22.0 Å². The third-order valence-corrected chi connectivity index (χ3v) is 2.88. The minimum absolute atomic E-state index is 0.0375. The third-order valence-electron chi connectivity index (χ3n) is 2.88. The first-order valence-corrected chi connectivity index (χ1v) is 6.70. The van der Waals surface area contributed by atoms with Gasteiger partial charge in [-0.2, -0.15) is 0 Å². The van der Waals surface area contributed by atoms with Crippen LogP contribution in [0.2, 0.25) is 0 Å². The Morgan fingerprint density at radius 1 is 1.14 bits per heavy atom. The molecule has 0 bridgehead atoms. The lowest BCUT2D eigenvalue weighted by Crippen LogP contribution is -2.25. The Morgan fingerprint density at radius 3 is 2.48 bits per heavy atom. The minimum atomic E-state index is -2.58. The van der Waals surface area contributed by atoms with Crippen molar-refractivity contribution in [3.63, 3.8) is 0 Å². The summed E-state index contributed by atoms with van der Waals surface area (Å²) >= 11 is 0. The smallest absolute Gasteiger partial charge is 0.261 e. The van der Waals surface area contributed by atoms with E-state index in [1.807, 2.05) is 6.92 Å². The molecule has 0 amide bonds. The number of benzene rings is 1. The van der Waals surface area contributed by atoms with Crippen LogP contribution in [0.15, 0.2) is 12.1 Å². The molecule has 0 heterocycles. The van der Waals surface area contributed by atoms with Crippen LogP contribution in [0.25, 0.3) is 0 Å². The fourth-order valence-corrected chi connectivity index (χ4v) is 1.87. The SMILES string of the molecule is CCCNC(CCOCC(F)F)c1ccc(F)c(F)c1F. The van der Waals surface area contributed by atoms with Crippen molar-refractivity contribution in [2.75, 3.05) is 19.8 Å². The normalized spacial score (nSPS) is 12.9. The summed E-state index contributed by atoms with van der Waals surface area (Å²) in [7, 11) is 0. The fourth-order valence-electron chi connectivity index (χ4n) is 1.87. The lowest BCUT2D eigenvalue weighted by Gasteiger charge is -2.20. The van der Waals surface area contributed by atoms with Crippen molar-refractivity contribution >= 4 is 0 Å². The number of hydrogen-bond donors (Lipinski definition) is 1. The Kier molecular flexibility index (Phi) is 7.60. The summed E-state index contributed by atoms with van der Waals surface area (Å²) in [5.74, 6) is -4.07. The van der Waals surface area contributed by atoms with Crippen LogP contribution in [0.1, 0.15) is 31.4 Å². The van der Waals surface area contributed by atoms with Gasteiger partial charge in [-0.3, -0.25) is 0 Å². The Bertz CT molecular complexity index is 442. The molecule has 7 heteroatoms. The third kappa shape index (κ3) is 5.59. The summed E-state index contributed by atoms with van der Waals surface area (Å²) in [4.78, 5) is 0. The number of alkyl halides is 2. The zero-order valence-electron chi connectivity index (χ0n) is 11.6. The van der Waals surface area contributed by atoms with E-state index in [2.05, 4.69) is 5.32 Å². The molecule has 0 spiro atoms. The maximum absolute atomic E-state index is 13.8. The second-order valence-electron chi connectivity index (χ2n) is 4.53. The zero-order valence-corrected chi connectivity index (χ0v) is 11.6. The Balaban J connectivity index is 2.75. The summed E-state index contributed by atoms with van der Waals surface area (Å²) in [6.07, 6.45) is -1.65. The van der Waals surface area contributed by atoms with Crippen LogP contribution in [-0.4, -0.2) is 26.2 Å². The lowest BCUT2D eigenvalue weighted by atomic mass is 10.0. The van der Waals surface area contributed by atoms with Crippen molar-refractivity contribution in [1.82, 2.24) is 5.32 Å². The summed E-state index contributed by atoms with van der Waals surface area (Å²) in [6, 6.07) is 1.36. The van der Waals surface area contributed by atoms with Crippen LogP contribution in [0.5, 0.6) is 0 Å². The van der Waals surface area contributed by atoms with Crippen LogP contribution >= 0.6 is 0 Å². The van der Waals surface area contributed by atoms with Gasteiger partial charge in [0.2, 0.25) is 0 Å². The van der Waals surface area contributed by atoms with Crippen LogP contribution < -0.4 is 5.32 Å². The average molecular weight is 311 g/mol. The second kappa shape index (κ2) is 8.94. The summed E-state index contributed by atoms with van der Waals surface area (Å²) < 4.78 is 68.6. The molecule has 120 valence electrons. The molecule has 0 saturated carbocycles. The molecule has 2 nitrogen and oxygen atoms in total. The monoisotopic (exact) mass is 311 g/mol. The van der Waals surface area contributed by atoms with E-state index in [0.29, 0.717) is 6.54 Å². The summed E-state index contributed by atoms with van der Waals surface area (Å²) in [6.45, 7) is 1.67. The van der Waals surface area contributed by atoms with E-state index in [1.54, 1.807) is 0 Å². The van der Waals surface area contributed by atoms with Crippen LogP contribution in [0.3, 0.4) is 0 Å². The van der Waals surface area contributed by atoms with Gasteiger partial charge in [0, 0.05) is 18.2 Å². The number of hydrogen-bond acceptors (Lipinski definition) is 2. The van der Waals surface area contributed by atoms with Crippen molar-refractivity contribution in [1.29, 1.82) is 0 Å². The number of rotatable bonds is 9. The predicted octanol–water partition coefficient (Wildman–Crippen LogP) is 3.82. The van der Waals surface area contributed by atoms with Crippen molar-refractivity contribution in [2.24, 2.45) is 0 Å². The number of ether oxygens (including phenoxy) is 1. The first-order valence-electron chi connectivity index (χ1n) is 6.70. The van der Waals surface area contributed by atoms with Gasteiger partial charge in [-0.05, 0) is 25.5 Å². The highest BCUT2D eigenvalue weighted by Gasteiger charge is 2.20. The van der Waals surface area contributed by atoms with Gasteiger partial charge in [-0.15, -0.1) is 0 Å². The van der Waals surface area contributed by atoms with Gasteiger partial charge in [0.25, 0.3) is 6.43 Å². The molecule has 0 aliphatic carbocycles.